The van der Waals surface area contributed by atoms with Crippen LogP contribution >= 0.6 is 0 Å². The van der Waals surface area contributed by atoms with Gasteiger partial charge in [0.2, 0.25) is 6.10 Å². The van der Waals surface area contributed by atoms with E-state index < -0.39 is 23.8 Å². The molecule has 0 aliphatic carbocycles. The Morgan fingerprint density at radius 2 is 1.80 bits per heavy atom. The number of hydrogen-bond donors (Lipinski definition) is 0. The molecule has 2 aromatic rings. The maximum absolute atomic E-state index is 13.2. The Bertz CT molecular complexity index is 813. The number of alkyl halides is 3. The number of esters is 1. The standard InChI is InChI=1S/C18H13F3O4/c1-23-17(22)13-10-12-14(24-11-6-3-2-4-7-11)8-5-9-15(12)25-16(13)18(19,20)21/h2-10,16H,1H3. The molecule has 0 radical (unpaired) electrons. The third-order valence-electron chi connectivity index (χ3n) is 3.54. The molecule has 0 amide bonds. The van der Waals surface area contributed by atoms with Crippen LogP contribution in [0.15, 0.2) is 54.1 Å². The molecule has 3 rings (SSSR count). The summed E-state index contributed by atoms with van der Waals surface area (Å²) in [7, 11) is 1.01. The van der Waals surface area contributed by atoms with Crippen molar-refractivity contribution in [1.82, 2.24) is 0 Å². The summed E-state index contributed by atoms with van der Waals surface area (Å²) in [5, 5.41) is 0. The SMILES string of the molecule is COC(=O)C1=Cc2c(Oc3ccccc3)cccc2OC1C(F)(F)F. The number of rotatable bonds is 3. The first-order valence-corrected chi connectivity index (χ1v) is 7.29. The van der Waals surface area contributed by atoms with Crippen molar-refractivity contribution in [3.05, 3.63) is 59.7 Å². The minimum absolute atomic E-state index is 0.0246. The molecule has 1 heterocycles. The van der Waals surface area contributed by atoms with E-state index in [1.807, 2.05) is 0 Å². The largest absolute Gasteiger partial charge is 0.475 e. The highest BCUT2D eigenvalue weighted by atomic mass is 19.4. The quantitative estimate of drug-likeness (QED) is 0.772. The van der Waals surface area contributed by atoms with Crippen LogP contribution in [0, 0.1) is 0 Å². The highest BCUT2D eigenvalue weighted by molar-refractivity contribution is 5.97. The molecule has 0 aromatic heterocycles. The zero-order valence-corrected chi connectivity index (χ0v) is 13.0. The van der Waals surface area contributed by atoms with Gasteiger partial charge in [-0.25, -0.2) is 4.79 Å². The average Bonchev–Trinajstić information content (AvgIpc) is 2.60. The van der Waals surface area contributed by atoms with E-state index in [9.17, 15) is 18.0 Å². The molecule has 130 valence electrons. The monoisotopic (exact) mass is 350 g/mol. The smallest absolute Gasteiger partial charge is 0.430 e. The lowest BCUT2D eigenvalue weighted by molar-refractivity contribution is -0.187. The van der Waals surface area contributed by atoms with Gasteiger partial charge in [0.05, 0.1) is 18.2 Å². The molecule has 7 heteroatoms. The van der Waals surface area contributed by atoms with Crippen molar-refractivity contribution in [3.63, 3.8) is 0 Å². The number of hydrogen-bond acceptors (Lipinski definition) is 4. The first kappa shape index (κ1) is 16.9. The van der Waals surface area contributed by atoms with Crippen molar-refractivity contribution in [3.8, 4) is 17.2 Å². The van der Waals surface area contributed by atoms with Gasteiger partial charge in [-0.3, -0.25) is 0 Å². The fraction of sp³-hybridized carbons (Fsp3) is 0.167. The van der Waals surface area contributed by atoms with Gasteiger partial charge in [0, 0.05) is 0 Å². The summed E-state index contributed by atoms with van der Waals surface area (Å²) < 4.78 is 54.9. The van der Waals surface area contributed by atoms with Crippen LogP contribution < -0.4 is 9.47 Å². The Kier molecular flexibility index (Phi) is 4.39. The van der Waals surface area contributed by atoms with E-state index in [0.29, 0.717) is 5.75 Å². The minimum Gasteiger partial charge on any atom is -0.475 e. The number of fused-ring (bicyclic) bond motifs is 1. The summed E-state index contributed by atoms with van der Waals surface area (Å²) in [6, 6.07) is 13.2. The molecule has 0 N–H and O–H groups in total. The van der Waals surface area contributed by atoms with Crippen molar-refractivity contribution in [2.75, 3.05) is 7.11 Å². The zero-order chi connectivity index (χ0) is 18.0. The highest BCUT2D eigenvalue weighted by Gasteiger charge is 2.49. The molecular formula is C18H13F3O4. The molecule has 1 unspecified atom stereocenters. The number of benzene rings is 2. The first-order valence-electron chi connectivity index (χ1n) is 7.29. The Hall–Kier alpha value is -2.96. The van der Waals surface area contributed by atoms with Crippen molar-refractivity contribution in [2.45, 2.75) is 12.3 Å². The first-order chi connectivity index (χ1) is 11.9. The van der Waals surface area contributed by atoms with E-state index >= 15 is 0 Å². The summed E-state index contributed by atoms with van der Waals surface area (Å²) in [6.45, 7) is 0. The van der Waals surface area contributed by atoms with Gasteiger partial charge < -0.3 is 14.2 Å². The number of carbonyl (C=O) groups excluding carboxylic acids is 1. The Labute approximate surface area is 141 Å². The lowest BCUT2D eigenvalue weighted by Crippen LogP contribution is -2.40. The molecule has 0 spiro atoms. The van der Waals surface area contributed by atoms with Crippen molar-refractivity contribution in [2.24, 2.45) is 0 Å². The van der Waals surface area contributed by atoms with Gasteiger partial charge in [0.1, 0.15) is 17.2 Å². The second-order valence-corrected chi connectivity index (χ2v) is 5.21. The number of carbonyl (C=O) groups is 1. The Balaban J connectivity index is 2.06. The van der Waals surface area contributed by atoms with Gasteiger partial charge in [-0.1, -0.05) is 24.3 Å². The maximum Gasteiger partial charge on any atom is 0.430 e. The molecule has 2 aromatic carbocycles. The van der Waals surface area contributed by atoms with Gasteiger partial charge in [0.25, 0.3) is 0 Å². The molecule has 0 saturated heterocycles. The lowest BCUT2D eigenvalue weighted by Gasteiger charge is -2.28. The predicted octanol–water partition coefficient (Wildman–Crippen LogP) is 4.36. The van der Waals surface area contributed by atoms with Crippen LogP contribution in [0.4, 0.5) is 13.2 Å². The topological polar surface area (TPSA) is 44.8 Å². The zero-order valence-electron chi connectivity index (χ0n) is 13.0. The maximum atomic E-state index is 13.2. The number of ether oxygens (including phenoxy) is 3. The van der Waals surface area contributed by atoms with Crippen LogP contribution in [-0.4, -0.2) is 25.4 Å². The molecular weight excluding hydrogens is 337 g/mol. The van der Waals surface area contributed by atoms with Gasteiger partial charge in [0.15, 0.2) is 0 Å². The highest BCUT2D eigenvalue weighted by Crippen LogP contribution is 2.42. The number of halogens is 3. The Morgan fingerprint density at radius 1 is 1.08 bits per heavy atom. The summed E-state index contributed by atoms with van der Waals surface area (Å²) >= 11 is 0. The summed E-state index contributed by atoms with van der Waals surface area (Å²) in [6.07, 6.45) is -6.05. The van der Waals surface area contributed by atoms with E-state index in [1.165, 1.54) is 12.1 Å². The summed E-state index contributed by atoms with van der Waals surface area (Å²) in [5.41, 5.74) is -0.390. The van der Waals surface area contributed by atoms with Crippen LogP contribution in [-0.2, 0) is 9.53 Å². The van der Waals surface area contributed by atoms with Gasteiger partial charge in [-0.05, 0) is 30.3 Å². The molecule has 0 saturated carbocycles. The predicted molar refractivity (Wildman–Crippen MR) is 83.4 cm³/mol. The summed E-state index contributed by atoms with van der Waals surface area (Å²) in [5.74, 6) is -0.363. The van der Waals surface area contributed by atoms with Gasteiger partial charge in [-0.15, -0.1) is 0 Å². The van der Waals surface area contributed by atoms with Crippen molar-refractivity contribution in [1.29, 1.82) is 0 Å². The van der Waals surface area contributed by atoms with Gasteiger partial charge in [-0.2, -0.15) is 13.2 Å². The van der Waals surface area contributed by atoms with Crippen LogP contribution in [0.2, 0.25) is 0 Å². The van der Waals surface area contributed by atoms with Gasteiger partial charge >= 0.3 is 12.1 Å². The van der Waals surface area contributed by atoms with E-state index in [0.717, 1.165) is 13.2 Å². The molecule has 1 aliphatic heterocycles. The second kappa shape index (κ2) is 6.51. The lowest BCUT2D eigenvalue weighted by atomic mass is 10.0. The van der Waals surface area contributed by atoms with Crippen LogP contribution in [0.25, 0.3) is 6.08 Å². The molecule has 1 aliphatic rings. The normalized spacial score (nSPS) is 16.3. The fourth-order valence-electron chi connectivity index (χ4n) is 2.42. The average molecular weight is 350 g/mol. The van der Waals surface area contributed by atoms with E-state index in [4.69, 9.17) is 9.47 Å². The van der Waals surface area contributed by atoms with Crippen molar-refractivity contribution < 1.29 is 32.2 Å². The van der Waals surface area contributed by atoms with E-state index in [-0.39, 0.29) is 17.1 Å². The van der Waals surface area contributed by atoms with Crippen molar-refractivity contribution >= 4 is 12.0 Å². The third kappa shape index (κ3) is 3.45. The van der Waals surface area contributed by atoms with Crippen LogP contribution in [0.5, 0.6) is 17.2 Å². The molecule has 4 nitrogen and oxygen atoms in total. The van der Waals surface area contributed by atoms with Crippen LogP contribution in [0.3, 0.4) is 0 Å². The number of para-hydroxylation sites is 1. The minimum atomic E-state index is -4.76. The van der Waals surface area contributed by atoms with E-state index in [2.05, 4.69) is 4.74 Å². The summed E-state index contributed by atoms with van der Waals surface area (Å²) in [4.78, 5) is 11.8. The van der Waals surface area contributed by atoms with E-state index in [1.54, 1.807) is 36.4 Å². The third-order valence-corrected chi connectivity index (χ3v) is 3.54. The Morgan fingerprint density at radius 3 is 2.44 bits per heavy atom. The molecule has 0 fully saturated rings. The number of methoxy groups -OCH3 is 1. The second-order valence-electron chi connectivity index (χ2n) is 5.21. The van der Waals surface area contributed by atoms with Crippen LogP contribution in [0.1, 0.15) is 5.56 Å². The molecule has 0 bridgehead atoms. The molecule has 25 heavy (non-hydrogen) atoms. The molecule has 1 atom stereocenters. The fourth-order valence-corrected chi connectivity index (χ4v) is 2.42.